The summed E-state index contributed by atoms with van der Waals surface area (Å²) < 4.78 is 2.01. The molecule has 2 atom stereocenters. The number of nitrogens with one attached hydrogen (secondary N) is 1. The highest BCUT2D eigenvalue weighted by atomic mass is 16.2. The molecule has 9 nitrogen and oxygen atoms in total. The summed E-state index contributed by atoms with van der Waals surface area (Å²) in [6.07, 6.45) is 6.70. The smallest absolute Gasteiger partial charge is 0.327 e. The van der Waals surface area contributed by atoms with Gasteiger partial charge in [0.2, 0.25) is 0 Å². The second-order valence-corrected chi connectivity index (χ2v) is 7.61. The monoisotopic (exact) mass is 409 g/mol. The molecular formula is C21H27N7O2. The first kappa shape index (κ1) is 19.9. The third kappa shape index (κ3) is 3.87. The predicted octanol–water partition coefficient (Wildman–Crippen LogP) is 0.996. The number of fused-ring (bicyclic) bond motifs is 1. The van der Waals surface area contributed by atoms with E-state index in [0.29, 0.717) is 19.0 Å². The van der Waals surface area contributed by atoms with Crippen LogP contribution < -0.4 is 5.32 Å². The number of aryl methyl sites for hydroxylation is 1. The maximum absolute atomic E-state index is 12.9. The number of hydrogen-bond acceptors (Lipinski definition) is 4. The van der Waals surface area contributed by atoms with Gasteiger partial charge in [-0.05, 0) is 18.4 Å². The minimum Gasteiger partial charge on any atom is -0.337 e. The number of guanidine groups is 1. The van der Waals surface area contributed by atoms with Crippen LogP contribution in [0.3, 0.4) is 0 Å². The van der Waals surface area contributed by atoms with Gasteiger partial charge >= 0.3 is 6.03 Å². The first-order chi connectivity index (χ1) is 14.6. The van der Waals surface area contributed by atoms with E-state index in [-0.39, 0.29) is 11.9 Å². The molecule has 2 aliphatic heterocycles. The molecule has 30 heavy (non-hydrogen) atoms. The number of imide groups is 1. The third-order valence-electron chi connectivity index (χ3n) is 5.65. The summed E-state index contributed by atoms with van der Waals surface area (Å²) in [5, 5.41) is 3.32. The van der Waals surface area contributed by atoms with Gasteiger partial charge in [0.15, 0.2) is 12.0 Å². The normalized spacial score (nSPS) is 22.6. The molecule has 2 aliphatic rings. The summed E-state index contributed by atoms with van der Waals surface area (Å²) in [4.78, 5) is 38.9. The van der Waals surface area contributed by atoms with Crippen LogP contribution in [0.1, 0.15) is 12.0 Å². The lowest BCUT2D eigenvalue weighted by atomic mass is 10.1. The summed E-state index contributed by atoms with van der Waals surface area (Å²) in [5.74, 6) is 0.474. The van der Waals surface area contributed by atoms with Gasteiger partial charge in [0, 0.05) is 46.1 Å². The van der Waals surface area contributed by atoms with Crippen LogP contribution in [0.25, 0.3) is 0 Å². The third-order valence-corrected chi connectivity index (χ3v) is 5.65. The van der Waals surface area contributed by atoms with Crippen molar-refractivity contribution in [3.8, 4) is 0 Å². The number of urea groups is 1. The number of benzene rings is 1. The highest BCUT2D eigenvalue weighted by molar-refractivity contribution is 6.04. The molecule has 4 rings (SSSR count). The molecule has 0 spiro atoms. The van der Waals surface area contributed by atoms with E-state index in [9.17, 15) is 9.59 Å². The second-order valence-electron chi connectivity index (χ2n) is 7.61. The van der Waals surface area contributed by atoms with E-state index in [4.69, 9.17) is 4.99 Å². The lowest BCUT2D eigenvalue weighted by Gasteiger charge is -2.39. The van der Waals surface area contributed by atoms with E-state index < -0.39 is 12.2 Å². The van der Waals surface area contributed by atoms with Gasteiger partial charge < -0.3 is 19.7 Å². The van der Waals surface area contributed by atoms with E-state index in [1.165, 1.54) is 17.5 Å². The lowest BCUT2D eigenvalue weighted by Crippen LogP contribution is -2.65. The standard InChI is InChI=1S/C21H27N7O2/c1-25-18-17(19(29)26(2)21(25)30)28(13-9-16-7-4-3-5-8-16)20(24-18)23-10-6-12-27-14-11-22-15-27/h3-5,7-8,11,14-15,17-18H,6,9-10,12-13H2,1-2H3,(H,23,24). The van der Waals surface area contributed by atoms with Crippen LogP contribution in [-0.2, 0) is 17.8 Å². The number of carbonyl (C=O) groups excluding carboxylic acids is 2. The Balaban J connectivity index is 1.51. The average Bonchev–Trinajstić information content (AvgIpc) is 3.41. The number of hydrogen-bond donors (Lipinski definition) is 1. The van der Waals surface area contributed by atoms with Crippen molar-refractivity contribution in [3.63, 3.8) is 0 Å². The van der Waals surface area contributed by atoms with Crippen molar-refractivity contribution in [2.45, 2.75) is 31.6 Å². The van der Waals surface area contributed by atoms with Crippen molar-refractivity contribution in [2.24, 2.45) is 4.99 Å². The van der Waals surface area contributed by atoms with Gasteiger partial charge in [-0.2, -0.15) is 0 Å². The predicted molar refractivity (Wildman–Crippen MR) is 113 cm³/mol. The Labute approximate surface area is 176 Å². The molecule has 0 saturated carbocycles. The van der Waals surface area contributed by atoms with Gasteiger partial charge in [-0.25, -0.2) is 9.78 Å². The van der Waals surface area contributed by atoms with Gasteiger partial charge in [0.25, 0.3) is 5.91 Å². The quantitative estimate of drug-likeness (QED) is 0.690. The molecule has 9 heteroatoms. The maximum atomic E-state index is 12.9. The number of rotatable bonds is 7. The largest absolute Gasteiger partial charge is 0.337 e. The summed E-state index contributed by atoms with van der Waals surface area (Å²) in [5.41, 5.74) is 1.20. The zero-order valence-corrected chi connectivity index (χ0v) is 17.3. The molecule has 2 saturated heterocycles. The summed E-state index contributed by atoms with van der Waals surface area (Å²) in [7, 11) is 3.25. The van der Waals surface area contributed by atoms with E-state index in [0.717, 1.165) is 19.4 Å². The van der Waals surface area contributed by atoms with Gasteiger partial charge in [-0.1, -0.05) is 30.3 Å². The molecule has 158 valence electrons. The summed E-state index contributed by atoms with van der Waals surface area (Å²) in [6, 6.07) is 9.38. The fourth-order valence-electron chi connectivity index (χ4n) is 3.95. The van der Waals surface area contributed by atoms with Crippen LogP contribution in [0.4, 0.5) is 4.79 Å². The molecule has 2 aromatic rings. The van der Waals surface area contributed by atoms with E-state index in [1.54, 1.807) is 24.5 Å². The Morgan fingerprint density at radius 1 is 1.13 bits per heavy atom. The summed E-state index contributed by atoms with van der Waals surface area (Å²) in [6.45, 7) is 2.08. The van der Waals surface area contributed by atoms with Crippen molar-refractivity contribution < 1.29 is 9.59 Å². The van der Waals surface area contributed by atoms with Crippen LogP contribution in [0.15, 0.2) is 54.0 Å². The fourth-order valence-corrected chi connectivity index (χ4v) is 3.95. The van der Waals surface area contributed by atoms with Gasteiger partial charge in [-0.3, -0.25) is 14.7 Å². The zero-order chi connectivity index (χ0) is 21.1. The van der Waals surface area contributed by atoms with Crippen LogP contribution in [-0.4, -0.2) is 81.5 Å². The molecule has 0 aliphatic carbocycles. The minimum atomic E-state index is -0.478. The number of imidazole rings is 1. The van der Waals surface area contributed by atoms with E-state index in [1.807, 2.05) is 33.9 Å². The van der Waals surface area contributed by atoms with Gasteiger partial charge in [-0.15, -0.1) is 0 Å². The van der Waals surface area contributed by atoms with Crippen molar-refractivity contribution in [1.82, 2.24) is 29.6 Å². The highest BCUT2D eigenvalue weighted by Gasteiger charge is 2.51. The topological polar surface area (TPSA) is 86.1 Å². The molecule has 3 amide bonds. The number of likely N-dealkylation sites (N-methyl/N-ethyl adjacent to an activating group) is 2. The van der Waals surface area contributed by atoms with E-state index >= 15 is 0 Å². The Morgan fingerprint density at radius 2 is 1.93 bits per heavy atom. The average molecular weight is 409 g/mol. The highest BCUT2D eigenvalue weighted by Crippen LogP contribution is 2.24. The van der Waals surface area contributed by atoms with Crippen molar-refractivity contribution in [2.75, 3.05) is 27.2 Å². The Bertz CT molecular complexity index is 913. The fraction of sp³-hybridized carbons (Fsp3) is 0.429. The first-order valence-corrected chi connectivity index (χ1v) is 10.2. The van der Waals surface area contributed by atoms with Crippen LogP contribution in [0.5, 0.6) is 0 Å². The zero-order valence-electron chi connectivity index (χ0n) is 17.3. The molecular weight excluding hydrogens is 382 g/mol. The SMILES string of the molecule is CN1C(=O)C2C(NC(=NCCCn3ccnc3)N2CCc2ccccc2)N(C)C1=O. The van der Waals surface area contributed by atoms with Crippen molar-refractivity contribution in [1.29, 1.82) is 0 Å². The van der Waals surface area contributed by atoms with Crippen molar-refractivity contribution in [3.05, 3.63) is 54.6 Å². The van der Waals surface area contributed by atoms with Crippen LogP contribution >= 0.6 is 0 Å². The van der Waals surface area contributed by atoms with Gasteiger partial charge in [0.05, 0.1) is 6.33 Å². The minimum absolute atomic E-state index is 0.202. The number of amides is 3. The Hall–Kier alpha value is -3.36. The molecule has 2 fully saturated rings. The number of nitrogens with zero attached hydrogens (tertiary/aromatic N) is 6. The second kappa shape index (κ2) is 8.56. The number of aliphatic imine (C=N–C) groups is 1. The molecule has 1 N–H and O–H groups in total. The maximum Gasteiger partial charge on any atom is 0.327 e. The van der Waals surface area contributed by atoms with Crippen molar-refractivity contribution >= 4 is 17.9 Å². The molecule has 1 aromatic carbocycles. The number of aromatic nitrogens is 2. The summed E-state index contributed by atoms with van der Waals surface area (Å²) >= 11 is 0. The first-order valence-electron chi connectivity index (χ1n) is 10.2. The Kier molecular flexibility index (Phi) is 5.69. The number of carbonyl (C=O) groups is 2. The van der Waals surface area contributed by atoms with Crippen LogP contribution in [0.2, 0.25) is 0 Å². The van der Waals surface area contributed by atoms with Gasteiger partial charge in [0.1, 0.15) is 6.17 Å². The molecule has 0 bridgehead atoms. The molecule has 2 unspecified atom stereocenters. The van der Waals surface area contributed by atoms with E-state index in [2.05, 4.69) is 22.4 Å². The molecule has 0 radical (unpaired) electrons. The Morgan fingerprint density at radius 3 is 2.67 bits per heavy atom. The molecule has 3 heterocycles. The van der Waals surface area contributed by atoms with Crippen LogP contribution in [0, 0.1) is 0 Å². The molecule has 1 aromatic heterocycles. The lowest BCUT2D eigenvalue weighted by molar-refractivity contribution is -0.136.